The van der Waals surface area contributed by atoms with Crippen LogP contribution in [0.15, 0.2) is 77.8 Å². The number of anilines is 2. The van der Waals surface area contributed by atoms with Crippen molar-refractivity contribution >= 4 is 75.2 Å². The number of hydrogen-bond acceptors (Lipinski definition) is 10. The maximum Gasteiger partial charge on any atom is 0.406 e. The number of aliphatic imine (C=N–C) groups is 1. The Bertz CT molecular complexity index is 3110. The number of alkyl halides is 3. The van der Waals surface area contributed by atoms with Crippen LogP contribution in [0.4, 0.5) is 24.5 Å². The Morgan fingerprint density at radius 2 is 1.53 bits per heavy atom. The number of benzene rings is 3. The second-order valence-corrected chi connectivity index (χ2v) is 24.9. The van der Waals surface area contributed by atoms with Crippen molar-refractivity contribution in [1.82, 2.24) is 34.9 Å². The minimum absolute atomic E-state index is 0.0111. The number of rotatable bonds is 21. The minimum atomic E-state index is -4.44. The summed E-state index contributed by atoms with van der Waals surface area (Å²) in [5.41, 5.74) is 6.20. The first kappa shape index (κ1) is 55.3. The molecule has 0 bridgehead atoms. The van der Waals surface area contributed by atoms with Crippen molar-refractivity contribution in [2.45, 2.75) is 110 Å². The summed E-state index contributed by atoms with van der Waals surface area (Å²) < 4.78 is 57.1. The molecule has 2 aliphatic heterocycles. The highest BCUT2D eigenvalue weighted by Gasteiger charge is 2.33. The molecule has 75 heavy (non-hydrogen) atoms. The molecule has 0 aliphatic carbocycles. The summed E-state index contributed by atoms with van der Waals surface area (Å²) in [4.78, 5) is 34.8. The van der Waals surface area contributed by atoms with Crippen molar-refractivity contribution in [1.29, 1.82) is 0 Å². The van der Waals surface area contributed by atoms with Gasteiger partial charge in [-0.1, -0.05) is 67.8 Å². The van der Waals surface area contributed by atoms with E-state index < -0.39 is 25.9 Å². The van der Waals surface area contributed by atoms with E-state index in [4.69, 9.17) is 16.6 Å². The number of fused-ring (bicyclic) bond motifs is 4. The van der Waals surface area contributed by atoms with Gasteiger partial charge in [0.05, 0.1) is 36.4 Å². The van der Waals surface area contributed by atoms with Crippen LogP contribution in [-0.4, -0.2) is 107 Å². The molecule has 13 nitrogen and oxygen atoms in total. The van der Waals surface area contributed by atoms with Gasteiger partial charge in [-0.3, -0.25) is 24.0 Å². The molecule has 0 saturated carbocycles. The number of aryl methyl sites for hydroxylation is 2. The van der Waals surface area contributed by atoms with Gasteiger partial charge in [-0.2, -0.15) is 13.2 Å². The Kier molecular flexibility index (Phi) is 18.3. The van der Waals surface area contributed by atoms with Crippen molar-refractivity contribution in [2.24, 2.45) is 4.99 Å². The van der Waals surface area contributed by atoms with Gasteiger partial charge >= 0.3 is 6.18 Å². The lowest BCUT2D eigenvalue weighted by Gasteiger charge is -2.32. The van der Waals surface area contributed by atoms with Crippen molar-refractivity contribution in [3.8, 4) is 16.8 Å². The van der Waals surface area contributed by atoms with Crippen molar-refractivity contribution < 1.29 is 27.3 Å². The van der Waals surface area contributed by atoms with Gasteiger partial charge in [0, 0.05) is 75.3 Å². The molecule has 0 radical (unpaired) electrons. The Labute approximate surface area is 446 Å². The topological polar surface area (TPSA) is 151 Å². The number of carbonyl (C=O) groups excluding carboxylic acids is 2. The van der Waals surface area contributed by atoms with Crippen LogP contribution in [0.5, 0.6) is 0 Å². The average Bonchev–Trinajstić information content (AvgIpc) is 3.99. The Morgan fingerprint density at radius 1 is 0.867 bits per heavy atom. The first-order valence-electron chi connectivity index (χ1n) is 25.9. The molecule has 3 aromatic heterocycles. The molecule has 1 atom stereocenters. The number of aromatic nitrogens is 4. The van der Waals surface area contributed by atoms with E-state index in [9.17, 15) is 27.3 Å². The molecule has 2 amide bonds. The highest BCUT2D eigenvalue weighted by molar-refractivity contribution is 7.70. The third kappa shape index (κ3) is 14.5. The van der Waals surface area contributed by atoms with Crippen LogP contribution in [0.3, 0.4) is 0 Å². The van der Waals surface area contributed by atoms with Gasteiger partial charge in [0.15, 0.2) is 5.82 Å². The van der Waals surface area contributed by atoms with Crippen molar-refractivity contribution in [3.05, 3.63) is 117 Å². The lowest BCUT2D eigenvalue weighted by atomic mass is 9.99. The number of likely N-dealkylation sites (tertiary alicyclic amines) is 1. The van der Waals surface area contributed by atoms with Crippen LogP contribution in [0.25, 0.3) is 15.9 Å². The zero-order chi connectivity index (χ0) is 53.3. The summed E-state index contributed by atoms with van der Waals surface area (Å²) in [5, 5.41) is 25.0. The first-order valence-corrected chi connectivity index (χ1v) is 29.7. The van der Waals surface area contributed by atoms with Crippen LogP contribution in [0, 0.1) is 32.6 Å². The van der Waals surface area contributed by atoms with Crippen LogP contribution in [-0.2, 0) is 20.7 Å². The molecular weight excluding hydrogens is 1020 g/mol. The molecule has 19 heteroatoms. The van der Waals surface area contributed by atoms with E-state index in [2.05, 4.69) is 66.6 Å². The summed E-state index contributed by atoms with van der Waals surface area (Å²) in [6, 6.07) is 21.6. The molecule has 6 aromatic rings. The fourth-order valence-electron chi connectivity index (χ4n) is 9.77. The first-order chi connectivity index (χ1) is 35.9. The summed E-state index contributed by atoms with van der Waals surface area (Å²) in [6.07, 6.45) is 4.39. The number of nitrogens with one attached hydrogen (secondary N) is 4. The Balaban J connectivity index is 0.708. The van der Waals surface area contributed by atoms with Crippen LogP contribution in [0.2, 0.25) is 5.02 Å². The Hall–Kier alpha value is -5.92. The third-order valence-electron chi connectivity index (χ3n) is 13.9. The van der Waals surface area contributed by atoms with Gasteiger partial charge in [-0.15, -0.1) is 21.5 Å². The standard InChI is InChI=1S/C56H67ClF3N10O3PS/c1-37-38(2)75-55-52(37)53(40-18-20-41(57)21-19-40)65-48(54-67-66-39(3)70(54)55)34-50(71)62-28-11-9-7-6-8-10-12-29-63-51(72)35-68-31-26-43(27-32-68)64-47-16-13-17-49-46(47)33-44(69(49)36-56(58,59)60)15-14-30-61-42-22-24-45(25-23-42)74(4,5)73/h13,16-25,33,43,48,61,64H,6-12,26-32,34-36H2,1-5H3,(H,62,71)(H,63,72)/t48-/m0/s1. The maximum atomic E-state index is 13.8. The monoisotopic (exact) mass is 1080 g/mol. The number of unbranched alkanes of at least 4 members (excludes halogenated alkanes) is 6. The van der Waals surface area contributed by atoms with Gasteiger partial charge < -0.3 is 30.4 Å². The minimum Gasteiger partial charge on any atom is -0.382 e. The normalized spacial score (nSPS) is 15.1. The fourth-order valence-corrected chi connectivity index (χ4v) is 12.0. The molecule has 2 aliphatic rings. The molecule has 5 heterocycles. The number of halogens is 4. The van der Waals surface area contributed by atoms with E-state index in [-0.39, 0.29) is 36.5 Å². The van der Waals surface area contributed by atoms with Crippen molar-refractivity contribution in [2.75, 3.05) is 63.2 Å². The highest BCUT2D eigenvalue weighted by atomic mass is 35.5. The molecular formula is C56H67ClF3N10O3PS. The lowest BCUT2D eigenvalue weighted by Crippen LogP contribution is -2.44. The largest absolute Gasteiger partial charge is 0.406 e. The second-order valence-electron chi connectivity index (χ2n) is 20.0. The average molecular weight is 1080 g/mol. The zero-order valence-corrected chi connectivity index (χ0v) is 45.8. The quantitative estimate of drug-likeness (QED) is 0.0316. The molecule has 0 unspecified atom stereocenters. The van der Waals surface area contributed by atoms with E-state index in [1.165, 1.54) is 9.44 Å². The lowest BCUT2D eigenvalue weighted by molar-refractivity contribution is -0.140. The van der Waals surface area contributed by atoms with E-state index in [0.29, 0.717) is 41.4 Å². The van der Waals surface area contributed by atoms with Crippen LogP contribution < -0.4 is 26.6 Å². The smallest absolute Gasteiger partial charge is 0.382 e. The van der Waals surface area contributed by atoms with Crippen LogP contribution in [0.1, 0.15) is 109 Å². The summed E-state index contributed by atoms with van der Waals surface area (Å²) >= 11 is 7.94. The Morgan fingerprint density at radius 3 is 2.20 bits per heavy atom. The zero-order valence-electron chi connectivity index (χ0n) is 43.4. The molecule has 8 rings (SSSR count). The maximum absolute atomic E-state index is 13.8. The number of hydrogen-bond donors (Lipinski definition) is 4. The molecule has 3 aromatic carbocycles. The molecule has 0 spiro atoms. The third-order valence-corrected chi connectivity index (χ3v) is 16.9. The van der Waals surface area contributed by atoms with E-state index in [1.54, 1.807) is 55.0 Å². The van der Waals surface area contributed by atoms with Gasteiger partial charge in [-0.25, -0.2) is 0 Å². The van der Waals surface area contributed by atoms with Crippen LogP contribution >= 0.6 is 30.1 Å². The van der Waals surface area contributed by atoms with Gasteiger partial charge in [0.2, 0.25) is 11.8 Å². The second kappa shape index (κ2) is 24.8. The summed E-state index contributed by atoms with van der Waals surface area (Å²) in [6.45, 7) is 11.6. The highest BCUT2D eigenvalue weighted by Crippen LogP contribution is 2.40. The van der Waals surface area contributed by atoms with Gasteiger partial charge in [0.25, 0.3) is 0 Å². The molecule has 398 valence electrons. The molecule has 4 N–H and O–H groups in total. The number of piperidine rings is 1. The number of carbonyl (C=O) groups is 2. The number of nitrogens with zero attached hydrogens (tertiary/aromatic N) is 6. The SMILES string of the molecule is Cc1sc2c(c1C)C(c1ccc(Cl)cc1)=N[C@@H](CC(=O)NCCCCCCCCCNC(=O)CN1CCC(Nc3cccc4c3cc(C#CCNc3ccc(P(C)(C)=O)cc3)n4CC(F)(F)F)CC1)c1nnc(C)n1-2. The van der Waals surface area contributed by atoms with Gasteiger partial charge in [0.1, 0.15) is 30.6 Å². The van der Waals surface area contributed by atoms with E-state index in [1.807, 2.05) is 49.4 Å². The summed E-state index contributed by atoms with van der Waals surface area (Å²) in [5.74, 6) is 7.29. The van der Waals surface area contributed by atoms with E-state index >= 15 is 0 Å². The fraction of sp³-hybridized carbons (Fsp3) is 0.446. The van der Waals surface area contributed by atoms with Crippen molar-refractivity contribution in [3.63, 3.8) is 0 Å². The molecule has 1 fully saturated rings. The predicted molar refractivity (Wildman–Crippen MR) is 298 cm³/mol. The van der Waals surface area contributed by atoms with Gasteiger partial charge in [-0.05, 0) is 126 Å². The predicted octanol–water partition coefficient (Wildman–Crippen LogP) is 11.0. The number of thiophene rings is 1. The molecule has 1 saturated heterocycles. The number of amides is 2. The van der Waals surface area contributed by atoms with E-state index in [0.717, 1.165) is 121 Å². The summed E-state index contributed by atoms with van der Waals surface area (Å²) in [7, 11) is -2.38.